The van der Waals surface area contributed by atoms with E-state index >= 15 is 0 Å². The molecular formula is C9H14N2O3S. The minimum Gasteiger partial charge on any atom is -0.349 e. The monoisotopic (exact) mass is 230 g/mol. The number of sulfone groups is 1. The molecule has 2 N–H and O–H groups in total. The first-order valence-corrected chi connectivity index (χ1v) is 6.68. The summed E-state index contributed by atoms with van der Waals surface area (Å²) in [7, 11) is -3.07. The Morgan fingerprint density at radius 3 is 2.67 bits per heavy atom. The highest BCUT2D eigenvalue weighted by atomic mass is 32.2. The molecule has 0 saturated carbocycles. The smallest absolute Gasteiger partial charge is 0.220 e. The molecule has 0 aromatic carbocycles. The molecular weight excluding hydrogens is 216 g/mol. The van der Waals surface area contributed by atoms with Gasteiger partial charge in [0.05, 0.1) is 11.8 Å². The molecule has 1 saturated heterocycles. The van der Waals surface area contributed by atoms with Crippen LogP contribution in [0.25, 0.3) is 0 Å². The summed E-state index contributed by atoms with van der Waals surface area (Å²) in [5.41, 5.74) is 0. The minimum atomic E-state index is -3.07. The van der Waals surface area contributed by atoms with Crippen LogP contribution in [0.5, 0.6) is 0 Å². The van der Waals surface area contributed by atoms with Gasteiger partial charge in [0.25, 0.3) is 0 Å². The Balaban J connectivity index is 1.77. The lowest BCUT2D eigenvalue weighted by Gasteiger charge is -2.26. The SMILES string of the molecule is O=C(CC1CNC1)NC1C=CS(=O)(=O)C1. The summed E-state index contributed by atoms with van der Waals surface area (Å²) in [5.74, 6) is 0.349. The topological polar surface area (TPSA) is 75.3 Å². The summed E-state index contributed by atoms with van der Waals surface area (Å²) < 4.78 is 22.1. The van der Waals surface area contributed by atoms with E-state index in [0.29, 0.717) is 12.3 Å². The molecule has 1 atom stereocenters. The van der Waals surface area contributed by atoms with Gasteiger partial charge in [0.2, 0.25) is 5.91 Å². The summed E-state index contributed by atoms with van der Waals surface area (Å²) in [5, 5.41) is 6.95. The van der Waals surface area contributed by atoms with Crippen molar-refractivity contribution in [2.24, 2.45) is 5.92 Å². The van der Waals surface area contributed by atoms with Crippen LogP contribution in [0.1, 0.15) is 6.42 Å². The zero-order valence-electron chi connectivity index (χ0n) is 8.27. The van der Waals surface area contributed by atoms with Crippen LogP contribution in [0.4, 0.5) is 0 Å². The van der Waals surface area contributed by atoms with Crippen LogP contribution < -0.4 is 10.6 Å². The van der Waals surface area contributed by atoms with Crippen LogP contribution in [0, 0.1) is 5.92 Å². The summed E-state index contributed by atoms with van der Waals surface area (Å²) in [6.45, 7) is 1.76. The maximum atomic E-state index is 11.4. The van der Waals surface area contributed by atoms with E-state index < -0.39 is 9.84 Å². The molecule has 15 heavy (non-hydrogen) atoms. The Labute approximate surface area is 88.8 Å². The lowest BCUT2D eigenvalue weighted by Crippen LogP contribution is -2.46. The van der Waals surface area contributed by atoms with Crippen molar-refractivity contribution in [3.63, 3.8) is 0 Å². The predicted octanol–water partition coefficient (Wildman–Crippen LogP) is -0.977. The second-order valence-corrected chi connectivity index (χ2v) is 5.99. The highest BCUT2D eigenvalue weighted by Crippen LogP contribution is 2.11. The molecule has 84 valence electrons. The Kier molecular flexibility index (Phi) is 2.79. The molecule has 5 nitrogen and oxygen atoms in total. The van der Waals surface area contributed by atoms with E-state index in [1.165, 1.54) is 11.5 Å². The summed E-state index contributed by atoms with van der Waals surface area (Å²) in [6, 6.07) is -0.337. The number of hydrogen-bond donors (Lipinski definition) is 2. The molecule has 1 amide bonds. The number of rotatable bonds is 3. The third-order valence-corrected chi connectivity index (χ3v) is 4.01. The van der Waals surface area contributed by atoms with Crippen LogP contribution in [-0.4, -0.2) is 39.2 Å². The number of nitrogens with one attached hydrogen (secondary N) is 2. The van der Waals surface area contributed by atoms with E-state index in [-0.39, 0.29) is 17.7 Å². The van der Waals surface area contributed by atoms with Gasteiger partial charge in [-0.15, -0.1) is 0 Å². The predicted molar refractivity (Wildman–Crippen MR) is 55.8 cm³/mol. The molecule has 0 aromatic rings. The number of amides is 1. The van der Waals surface area contributed by atoms with E-state index in [1.54, 1.807) is 0 Å². The Morgan fingerprint density at radius 1 is 1.47 bits per heavy atom. The van der Waals surface area contributed by atoms with Gasteiger partial charge >= 0.3 is 0 Å². The van der Waals surface area contributed by atoms with E-state index in [1.807, 2.05) is 0 Å². The zero-order valence-corrected chi connectivity index (χ0v) is 9.09. The van der Waals surface area contributed by atoms with Gasteiger partial charge in [-0.25, -0.2) is 8.42 Å². The highest BCUT2D eigenvalue weighted by molar-refractivity contribution is 7.94. The van der Waals surface area contributed by atoms with Crippen LogP contribution >= 0.6 is 0 Å². The van der Waals surface area contributed by atoms with E-state index in [2.05, 4.69) is 10.6 Å². The largest absolute Gasteiger partial charge is 0.349 e. The zero-order chi connectivity index (χ0) is 10.9. The van der Waals surface area contributed by atoms with E-state index in [4.69, 9.17) is 0 Å². The van der Waals surface area contributed by atoms with Crippen LogP contribution in [0.2, 0.25) is 0 Å². The molecule has 2 aliphatic heterocycles. The first-order chi connectivity index (χ1) is 7.05. The van der Waals surface area contributed by atoms with Gasteiger partial charge < -0.3 is 10.6 Å². The van der Waals surface area contributed by atoms with Gasteiger partial charge in [-0.3, -0.25) is 4.79 Å². The maximum absolute atomic E-state index is 11.4. The molecule has 0 aliphatic carbocycles. The fraction of sp³-hybridized carbons (Fsp3) is 0.667. The fourth-order valence-electron chi connectivity index (χ4n) is 1.69. The molecule has 2 aliphatic rings. The van der Waals surface area contributed by atoms with Crippen molar-refractivity contribution in [2.75, 3.05) is 18.8 Å². The highest BCUT2D eigenvalue weighted by Gasteiger charge is 2.25. The summed E-state index contributed by atoms with van der Waals surface area (Å²) >= 11 is 0. The van der Waals surface area contributed by atoms with Crippen molar-refractivity contribution in [2.45, 2.75) is 12.5 Å². The molecule has 2 rings (SSSR count). The lowest BCUT2D eigenvalue weighted by atomic mass is 9.99. The number of carbonyl (C=O) groups is 1. The van der Waals surface area contributed by atoms with Crippen molar-refractivity contribution in [1.29, 1.82) is 0 Å². The van der Waals surface area contributed by atoms with Crippen molar-refractivity contribution < 1.29 is 13.2 Å². The van der Waals surface area contributed by atoms with E-state index in [9.17, 15) is 13.2 Å². The fourth-order valence-corrected chi connectivity index (χ4v) is 2.92. The molecule has 0 spiro atoms. The van der Waals surface area contributed by atoms with Gasteiger partial charge in [-0.1, -0.05) is 0 Å². The van der Waals surface area contributed by atoms with Crippen molar-refractivity contribution >= 4 is 15.7 Å². The lowest BCUT2D eigenvalue weighted by molar-refractivity contribution is -0.122. The molecule has 0 aromatic heterocycles. The average molecular weight is 230 g/mol. The standard InChI is InChI=1S/C9H14N2O3S/c12-9(3-7-4-10-5-7)11-8-1-2-15(13,14)6-8/h1-2,7-8,10H,3-6H2,(H,11,12). The quantitative estimate of drug-likeness (QED) is 0.653. The van der Waals surface area contributed by atoms with E-state index in [0.717, 1.165) is 13.1 Å². The Bertz CT molecular complexity index is 384. The number of carbonyl (C=O) groups excluding carboxylic acids is 1. The molecule has 0 bridgehead atoms. The van der Waals surface area contributed by atoms with Gasteiger partial charge in [0, 0.05) is 11.8 Å². The first kappa shape index (κ1) is 10.6. The molecule has 2 heterocycles. The third-order valence-electron chi connectivity index (χ3n) is 2.62. The van der Waals surface area contributed by atoms with Crippen LogP contribution in [0.3, 0.4) is 0 Å². The van der Waals surface area contributed by atoms with Crippen LogP contribution in [-0.2, 0) is 14.6 Å². The van der Waals surface area contributed by atoms with Gasteiger partial charge in [-0.2, -0.15) is 0 Å². The van der Waals surface area contributed by atoms with Gasteiger partial charge in [-0.05, 0) is 25.1 Å². The third kappa shape index (κ3) is 2.79. The average Bonchev–Trinajstić information content (AvgIpc) is 2.38. The Hall–Kier alpha value is -0.880. The van der Waals surface area contributed by atoms with Crippen molar-refractivity contribution in [1.82, 2.24) is 10.6 Å². The van der Waals surface area contributed by atoms with Gasteiger partial charge in [0.15, 0.2) is 9.84 Å². The van der Waals surface area contributed by atoms with Crippen LogP contribution in [0.15, 0.2) is 11.5 Å². The van der Waals surface area contributed by atoms with Gasteiger partial charge in [0.1, 0.15) is 0 Å². The second kappa shape index (κ2) is 3.94. The minimum absolute atomic E-state index is 0.00164. The number of hydrogen-bond acceptors (Lipinski definition) is 4. The molecule has 0 radical (unpaired) electrons. The molecule has 6 heteroatoms. The Morgan fingerprint density at radius 2 is 2.20 bits per heavy atom. The summed E-state index contributed by atoms with van der Waals surface area (Å²) in [6.07, 6.45) is 2.02. The maximum Gasteiger partial charge on any atom is 0.220 e. The van der Waals surface area contributed by atoms with Crippen molar-refractivity contribution in [3.05, 3.63) is 11.5 Å². The molecule has 1 unspecified atom stereocenters. The summed E-state index contributed by atoms with van der Waals surface area (Å²) in [4.78, 5) is 11.4. The second-order valence-electron chi connectivity index (χ2n) is 4.06. The molecule has 1 fully saturated rings. The normalized spacial score (nSPS) is 28.7. The van der Waals surface area contributed by atoms with Crippen molar-refractivity contribution in [3.8, 4) is 0 Å². The first-order valence-electron chi connectivity index (χ1n) is 4.96.